The Balaban J connectivity index is 1.03. The van der Waals surface area contributed by atoms with Gasteiger partial charge < -0.3 is 14.0 Å². The molecule has 3 heterocycles. The lowest BCUT2D eigenvalue weighted by Crippen LogP contribution is -2.35. The van der Waals surface area contributed by atoms with E-state index in [1.165, 1.54) is 88.4 Å². The van der Waals surface area contributed by atoms with E-state index in [0.717, 1.165) is 6.42 Å². The molecule has 0 bridgehead atoms. The van der Waals surface area contributed by atoms with Gasteiger partial charge in [0.1, 0.15) is 6.17 Å². The van der Waals surface area contributed by atoms with Crippen LogP contribution in [0.2, 0.25) is 0 Å². The Morgan fingerprint density at radius 1 is 0.418 bits per heavy atom. The maximum atomic E-state index is 2.60. The highest BCUT2D eigenvalue weighted by atomic mass is 15.3. The van der Waals surface area contributed by atoms with Gasteiger partial charge in [0, 0.05) is 45.9 Å². The first-order valence-corrected chi connectivity index (χ1v) is 19.3. The smallest absolute Gasteiger partial charge is 0.107 e. The normalized spacial score (nSPS) is 15.6. The summed E-state index contributed by atoms with van der Waals surface area (Å²) < 4.78 is 4.99. The Labute approximate surface area is 320 Å². The second kappa shape index (κ2) is 12.6. The number of benzene rings is 8. The van der Waals surface area contributed by atoms with Gasteiger partial charge in [0.15, 0.2) is 0 Å². The molecule has 0 aliphatic carbocycles. The third kappa shape index (κ3) is 5.04. The van der Waals surface area contributed by atoms with Gasteiger partial charge in [-0.1, -0.05) is 140 Å². The Hall–Kier alpha value is -6.84. The number of hydrogen-bond acceptors (Lipinski definition) is 1. The number of anilines is 1. The summed E-state index contributed by atoms with van der Waals surface area (Å²) in [6.07, 6.45) is 1.10. The van der Waals surface area contributed by atoms with Crippen LogP contribution in [0.3, 0.4) is 0 Å². The Kier molecular flexibility index (Phi) is 7.28. The third-order valence-corrected chi connectivity index (χ3v) is 12.0. The van der Waals surface area contributed by atoms with Crippen LogP contribution in [0.25, 0.3) is 71.6 Å². The first kappa shape index (κ1) is 31.7. The van der Waals surface area contributed by atoms with Gasteiger partial charge in [-0.3, -0.25) is 0 Å². The van der Waals surface area contributed by atoms with E-state index < -0.39 is 0 Å². The van der Waals surface area contributed by atoms with Crippen LogP contribution < -0.4 is 4.90 Å². The summed E-state index contributed by atoms with van der Waals surface area (Å²) in [4.78, 5) is 2.50. The van der Waals surface area contributed by atoms with Gasteiger partial charge in [-0.25, -0.2) is 0 Å². The molecule has 3 heteroatoms. The predicted molar refractivity (Wildman–Crippen MR) is 231 cm³/mol. The highest BCUT2D eigenvalue weighted by Crippen LogP contribution is 2.48. The molecule has 10 aromatic rings. The van der Waals surface area contributed by atoms with Crippen molar-refractivity contribution >= 4 is 49.3 Å². The fraction of sp³-hybridized carbons (Fsp3) is 0.0769. The number of rotatable bonds is 5. The van der Waals surface area contributed by atoms with E-state index >= 15 is 0 Å². The van der Waals surface area contributed by atoms with E-state index in [4.69, 9.17) is 0 Å². The largest absolute Gasteiger partial charge is 0.354 e. The van der Waals surface area contributed by atoms with Crippen molar-refractivity contribution in [1.82, 2.24) is 9.13 Å². The predicted octanol–water partition coefficient (Wildman–Crippen LogP) is 13.4. The highest BCUT2D eigenvalue weighted by molar-refractivity contribution is 6.12. The zero-order chi connectivity index (χ0) is 36.5. The van der Waals surface area contributed by atoms with Crippen molar-refractivity contribution in [1.29, 1.82) is 0 Å². The van der Waals surface area contributed by atoms with Crippen LogP contribution in [0.5, 0.6) is 0 Å². The monoisotopic (exact) mass is 705 g/mol. The molecular formula is C52H39N3. The Morgan fingerprint density at radius 2 is 0.927 bits per heavy atom. The number of hydrogen-bond donors (Lipinski definition) is 0. The molecule has 3 nitrogen and oxygen atoms in total. The van der Waals surface area contributed by atoms with E-state index in [0.29, 0.717) is 0 Å². The lowest BCUT2D eigenvalue weighted by Gasteiger charge is -2.41. The van der Waals surface area contributed by atoms with Crippen molar-refractivity contribution < 1.29 is 0 Å². The zero-order valence-electron chi connectivity index (χ0n) is 30.7. The molecule has 1 aliphatic rings. The minimum absolute atomic E-state index is 0.127. The summed E-state index contributed by atoms with van der Waals surface area (Å²) in [5.41, 5.74) is 15.2. The summed E-state index contributed by atoms with van der Waals surface area (Å²) in [5, 5.41) is 5.11. The zero-order valence-corrected chi connectivity index (χ0v) is 30.7. The SMILES string of the molecule is CN1c2ccccc2C(c2ccc(-c3ccccc3)cc2)CC1n1c2ccccc2c2cc(-c3ccc4c(c3)c3ccccc3n4-c3ccccc3)ccc21. The minimum atomic E-state index is 0.127. The van der Waals surface area contributed by atoms with Crippen LogP contribution in [0.4, 0.5) is 5.69 Å². The van der Waals surface area contributed by atoms with Gasteiger partial charge in [-0.15, -0.1) is 0 Å². The number of fused-ring (bicyclic) bond motifs is 7. The summed E-state index contributed by atoms with van der Waals surface area (Å²) in [5.74, 6) is 0.266. The second-order valence-electron chi connectivity index (χ2n) is 15.0. The van der Waals surface area contributed by atoms with Crippen molar-refractivity contribution in [3.8, 4) is 27.9 Å². The topological polar surface area (TPSA) is 13.1 Å². The van der Waals surface area contributed by atoms with E-state index in [1.54, 1.807) is 0 Å². The van der Waals surface area contributed by atoms with Crippen LogP contribution in [-0.2, 0) is 0 Å². The first-order chi connectivity index (χ1) is 27.2. The number of nitrogens with zero attached hydrogens (tertiary/aromatic N) is 3. The number of aromatic nitrogens is 2. The van der Waals surface area contributed by atoms with Crippen molar-refractivity contribution in [2.75, 3.05) is 11.9 Å². The molecule has 0 spiro atoms. The first-order valence-electron chi connectivity index (χ1n) is 19.3. The molecule has 8 aromatic carbocycles. The average Bonchev–Trinajstić information content (AvgIpc) is 3.77. The summed E-state index contributed by atoms with van der Waals surface area (Å²) in [6, 6.07) is 71.4. The second-order valence-corrected chi connectivity index (χ2v) is 15.0. The summed E-state index contributed by atoms with van der Waals surface area (Å²) in [6.45, 7) is 0. The van der Waals surface area contributed by atoms with Crippen LogP contribution >= 0.6 is 0 Å². The van der Waals surface area contributed by atoms with Crippen molar-refractivity contribution in [2.45, 2.75) is 18.5 Å². The highest BCUT2D eigenvalue weighted by Gasteiger charge is 2.34. The molecule has 0 radical (unpaired) electrons. The maximum absolute atomic E-state index is 2.60. The molecule has 0 fully saturated rings. The van der Waals surface area contributed by atoms with Crippen molar-refractivity contribution in [3.05, 3.63) is 205 Å². The molecule has 0 amide bonds. The van der Waals surface area contributed by atoms with Crippen LogP contribution in [0.1, 0.15) is 29.6 Å². The molecule has 11 rings (SSSR count). The van der Waals surface area contributed by atoms with Gasteiger partial charge in [-0.2, -0.15) is 0 Å². The van der Waals surface area contributed by atoms with Crippen molar-refractivity contribution in [2.24, 2.45) is 0 Å². The average molecular weight is 706 g/mol. The quantitative estimate of drug-likeness (QED) is 0.174. The van der Waals surface area contributed by atoms with Crippen LogP contribution in [0.15, 0.2) is 194 Å². The minimum Gasteiger partial charge on any atom is -0.354 e. The molecule has 262 valence electrons. The van der Waals surface area contributed by atoms with E-state index in [9.17, 15) is 0 Å². The molecule has 0 N–H and O–H groups in total. The van der Waals surface area contributed by atoms with Gasteiger partial charge in [0.05, 0.1) is 22.1 Å². The van der Waals surface area contributed by atoms with Crippen LogP contribution in [0, 0.1) is 0 Å². The molecular weight excluding hydrogens is 667 g/mol. The molecule has 2 unspecified atom stereocenters. The maximum Gasteiger partial charge on any atom is 0.107 e. The fourth-order valence-electron chi connectivity index (χ4n) is 9.40. The lowest BCUT2D eigenvalue weighted by molar-refractivity contribution is 0.437. The van der Waals surface area contributed by atoms with Crippen molar-refractivity contribution in [3.63, 3.8) is 0 Å². The molecule has 2 aromatic heterocycles. The Morgan fingerprint density at radius 3 is 1.67 bits per heavy atom. The van der Waals surface area contributed by atoms with Gasteiger partial charge in [0.25, 0.3) is 0 Å². The van der Waals surface area contributed by atoms with Gasteiger partial charge >= 0.3 is 0 Å². The van der Waals surface area contributed by atoms with Crippen LogP contribution in [-0.4, -0.2) is 16.2 Å². The van der Waals surface area contributed by atoms with E-state index in [2.05, 4.69) is 215 Å². The molecule has 0 saturated carbocycles. The van der Waals surface area contributed by atoms with E-state index in [-0.39, 0.29) is 12.1 Å². The molecule has 0 saturated heterocycles. The lowest BCUT2D eigenvalue weighted by atomic mass is 9.82. The standard InChI is InChI=1S/C52H39N3/c1-53-47-21-11-8-18-41(47)44(37-26-24-36(25-27-37)35-14-4-2-5-15-35)34-52(53)55-49-23-13-10-20-43(49)46-33-39(29-31-51(46)55)38-28-30-50-45(32-38)42-19-9-12-22-48(42)54(50)40-16-6-3-7-17-40/h2-33,44,52H,34H2,1H3. The van der Waals surface area contributed by atoms with E-state index in [1.807, 2.05) is 0 Å². The number of para-hydroxylation sites is 4. The van der Waals surface area contributed by atoms with Gasteiger partial charge in [-0.05, 0) is 94.4 Å². The molecule has 2 atom stereocenters. The molecule has 1 aliphatic heterocycles. The third-order valence-electron chi connectivity index (χ3n) is 12.0. The Bertz CT molecular complexity index is 3030. The molecule has 55 heavy (non-hydrogen) atoms. The summed E-state index contributed by atoms with van der Waals surface area (Å²) >= 11 is 0. The van der Waals surface area contributed by atoms with Gasteiger partial charge in [0.2, 0.25) is 0 Å². The summed E-state index contributed by atoms with van der Waals surface area (Å²) in [7, 11) is 2.27. The fourth-order valence-corrected chi connectivity index (χ4v) is 9.40.